The van der Waals surface area contributed by atoms with Crippen molar-refractivity contribution in [2.45, 2.75) is 38.5 Å². The summed E-state index contributed by atoms with van der Waals surface area (Å²) in [5.41, 5.74) is 2.24. The van der Waals surface area contributed by atoms with Crippen LogP contribution in [0, 0.1) is 11.8 Å². The fourth-order valence-electron chi connectivity index (χ4n) is 3.08. The fraction of sp³-hybridized carbons (Fsp3) is 0.444. The largest absolute Gasteiger partial charge is 0.163 e. The van der Waals surface area contributed by atoms with E-state index in [1.165, 1.54) is 38.5 Å². The molecule has 106 valence electrons. The summed E-state index contributed by atoms with van der Waals surface area (Å²) in [6, 6.07) is 0. The van der Waals surface area contributed by atoms with Crippen LogP contribution in [0.1, 0.15) is 38.5 Å². The Morgan fingerprint density at radius 2 is 1.90 bits per heavy atom. The van der Waals surface area contributed by atoms with Crippen molar-refractivity contribution in [3.05, 3.63) is 49.1 Å². The van der Waals surface area contributed by atoms with Gasteiger partial charge in [0, 0.05) is 18.1 Å². The molecule has 1 aliphatic carbocycles. The molecule has 2 rings (SSSR count). The number of fused-ring (bicyclic) bond motifs is 1. The summed E-state index contributed by atoms with van der Waals surface area (Å²) >= 11 is 0. The molecule has 2 nitrogen and oxygen atoms in total. The third-order valence-electron chi connectivity index (χ3n) is 4.10. The highest BCUT2D eigenvalue weighted by molar-refractivity contribution is 6.06. The smallest absolute Gasteiger partial charge is 0.0739 e. The topological polar surface area (TPSA) is 24.7 Å². The molecule has 2 unspecified atom stereocenters. The van der Waals surface area contributed by atoms with E-state index in [1.807, 2.05) is 18.2 Å². The Morgan fingerprint density at radius 1 is 1.10 bits per heavy atom. The van der Waals surface area contributed by atoms with E-state index in [0.29, 0.717) is 11.8 Å². The normalized spacial score (nSPS) is 27.4. The standard InChI is InChI=1S/C18H24N2/c1-3-5-11-15(10-4-2)18-17-13-9-7-6-8-12-16(17)14-19-20-18/h3-5,10-11,14,16-17H,1-2,6-9,12-13H2/b11-5-,15-10+. The number of hydrogen-bond acceptors (Lipinski definition) is 2. The third kappa shape index (κ3) is 3.66. The second-order valence-corrected chi connectivity index (χ2v) is 5.46. The van der Waals surface area contributed by atoms with Gasteiger partial charge in [0.05, 0.1) is 5.71 Å². The zero-order chi connectivity index (χ0) is 14.2. The minimum Gasteiger partial charge on any atom is -0.163 e. The van der Waals surface area contributed by atoms with E-state index in [4.69, 9.17) is 0 Å². The van der Waals surface area contributed by atoms with E-state index in [0.717, 1.165) is 11.3 Å². The quantitative estimate of drug-likeness (QED) is 0.650. The molecular formula is C18H24N2. The molecule has 0 aromatic heterocycles. The second kappa shape index (κ2) is 7.78. The zero-order valence-corrected chi connectivity index (χ0v) is 12.2. The van der Waals surface area contributed by atoms with Crippen LogP contribution in [-0.4, -0.2) is 11.9 Å². The second-order valence-electron chi connectivity index (χ2n) is 5.46. The van der Waals surface area contributed by atoms with Crippen molar-refractivity contribution >= 4 is 11.9 Å². The van der Waals surface area contributed by atoms with Crippen molar-refractivity contribution in [1.82, 2.24) is 0 Å². The number of rotatable bonds is 4. The monoisotopic (exact) mass is 268 g/mol. The molecule has 0 aromatic rings. The van der Waals surface area contributed by atoms with Gasteiger partial charge in [0.1, 0.15) is 0 Å². The Morgan fingerprint density at radius 3 is 2.65 bits per heavy atom. The SMILES string of the molecule is C=C/C=C\C(=C/C=C)C1=NN=CC2CCCCCCC12. The fourth-order valence-corrected chi connectivity index (χ4v) is 3.08. The van der Waals surface area contributed by atoms with E-state index in [1.54, 1.807) is 6.08 Å². The van der Waals surface area contributed by atoms with Crippen molar-refractivity contribution < 1.29 is 0 Å². The molecule has 2 atom stereocenters. The van der Waals surface area contributed by atoms with E-state index < -0.39 is 0 Å². The highest BCUT2D eigenvalue weighted by Crippen LogP contribution is 2.32. The first-order chi connectivity index (χ1) is 9.86. The molecule has 0 saturated heterocycles. The summed E-state index contributed by atoms with van der Waals surface area (Å²) in [5.74, 6) is 1.06. The van der Waals surface area contributed by atoms with Gasteiger partial charge in [0.25, 0.3) is 0 Å². The van der Waals surface area contributed by atoms with Gasteiger partial charge in [-0.3, -0.25) is 0 Å². The van der Waals surface area contributed by atoms with E-state index >= 15 is 0 Å². The summed E-state index contributed by atoms with van der Waals surface area (Å²) < 4.78 is 0. The lowest BCUT2D eigenvalue weighted by atomic mass is 9.77. The van der Waals surface area contributed by atoms with Crippen molar-refractivity contribution in [2.24, 2.45) is 22.0 Å². The molecule has 0 bridgehead atoms. The number of allylic oxidation sites excluding steroid dienone is 6. The van der Waals surface area contributed by atoms with Crippen molar-refractivity contribution in [3.63, 3.8) is 0 Å². The van der Waals surface area contributed by atoms with Gasteiger partial charge in [-0.2, -0.15) is 10.2 Å². The number of hydrogen-bond donors (Lipinski definition) is 0. The van der Waals surface area contributed by atoms with Gasteiger partial charge in [-0.15, -0.1) is 0 Å². The molecule has 2 aliphatic rings. The maximum Gasteiger partial charge on any atom is 0.0739 e. The summed E-state index contributed by atoms with van der Waals surface area (Å²) in [6.07, 6.45) is 19.5. The minimum absolute atomic E-state index is 0.508. The van der Waals surface area contributed by atoms with E-state index in [-0.39, 0.29) is 0 Å². The first-order valence-corrected chi connectivity index (χ1v) is 7.60. The predicted molar refractivity (Wildman–Crippen MR) is 88.2 cm³/mol. The highest BCUT2D eigenvalue weighted by atomic mass is 15.2. The Bertz CT molecular complexity index is 466. The molecule has 0 spiro atoms. The maximum atomic E-state index is 4.44. The van der Waals surface area contributed by atoms with Crippen LogP contribution in [0.2, 0.25) is 0 Å². The van der Waals surface area contributed by atoms with Crippen molar-refractivity contribution in [1.29, 1.82) is 0 Å². The van der Waals surface area contributed by atoms with Crippen LogP contribution in [0.15, 0.2) is 59.3 Å². The summed E-state index contributed by atoms with van der Waals surface area (Å²) in [6.45, 7) is 7.55. The van der Waals surface area contributed by atoms with Crippen LogP contribution in [0.3, 0.4) is 0 Å². The lowest BCUT2D eigenvalue weighted by Crippen LogP contribution is -2.29. The molecule has 1 aliphatic heterocycles. The van der Waals surface area contributed by atoms with Gasteiger partial charge in [-0.1, -0.05) is 69.2 Å². The molecule has 0 amide bonds. The zero-order valence-electron chi connectivity index (χ0n) is 12.2. The molecule has 1 heterocycles. The van der Waals surface area contributed by atoms with Crippen LogP contribution >= 0.6 is 0 Å². The van der Waals surface area contributed by atoms with Crippen LogP contribution in [0.4, 0.5) is 0 Å². The van der Waals surface area contributed by atoms with Gasteiger partial charge < -0.3 is 0 Å². The number of nitrogens with zero attached hydrogens (tertiary/aromatic N) is 2. The Kier molecular flexibility index (Phi) is 5.72. The average Bonchev–Trinajstić information content (AvgIpc) is 2.44. The molecule has 0 radical (unpaired) electrons. The van der Waals surface area contributed by atoms with Gasteiger partial charge in [-0.25, -0.2) is 0 Å². The van der Waals surface area contributed by atoms with E-state index in [2.05, 4.69) is 35.7 Å². The van der Waals surface area contributed by atoms with Gasteiger partial charge in [0.2, 0.25) is 0 Å². The minimum atomic E-state index is 0.508. The van der Waals surface area contributed by atoms with Gasteiger partial charge >= 0.3 is 0 Å². The molecule has 1 saturated carbocycles. The predicted octanol–water partition coefficient (Wildman–Crippen LogP) is 4.87. The van der Waals surface area contributed by atoms with Crippen LogP contribution < -0.4 is 0 Å². The third-order valence-corrected chi connectivity index (χ3v) is 4.10. The van der Waals surface area contributed by atoms with Crippen LogP contribution in [0.25, 0.3) is 0 Å². The Balaban J connectivity index is 2.27. The summed E-state index contributed by atoms with van der Waals surface area (Å²) in [5, 5.41) is 8.70. The first kappa shape index (κ1) is 14.7. The summed E-state index contributed by atoms with van der Waals surface area (Å²) in [4.78, 5) is 0. The van der Waals surface area contributed by atoms with Gasteiger partial charge in [-0.05, 0) is 18.4 Å². The molecular weight excluding hydrogens is 244 g/mol. The van der Waals surface area contributed by atoms with Crippen molar-refractivity contribution in [2.75, 3.05) is 0 Å². The lowest BCUT2D eigenvalue weighted by molar-refractivity contribution is 0.397. The van der Waals surface area contributed by atoms with Crippen LogP contribution in [-0.2, 0) is 0 Å². The molecule has 0 aromatic carbocycles. The van der Waals surface area contributed by atoms with Crippen LogP contribution in [0.5, 0.6) is 0 Å². The van der Waals surface area contributed by atoms with E-state index in [9.17, 15) is 0 Å². The van der Waals surface area contributed by atoms with Crippen molar-refractivity contribution in [3.8, 4) is 0 Å². The molecule has 0 N–H and O–H groups in total. The Hall–Kier alpha value is -1.70. The lowest BCUT2D eigenvalue weighted by Gasteiger charge is -2.29. The first-order valence-electron chi connectivity index (χ1n) is 7.60. The highest BCUT2D eigenvalue weighted by Gasteiger charge is 2.29. The maximum absolute atomic E-state index is 4.44. The average molecular weight is 268 g/mol. The summed E-state index contributed by atoms with van der Waals surface area (Å²) in [7, 11) is 0. The molecule has 1 fully saturated rings. The molecule has 2 heteroatoms. The molecule has 20 heavy (non-hydrogen) atoms. The van der Waals surface area contributed by atoms with Gasteiger partial charge in [0.15, 0.2) is 0 Å². The Labute approximate surface area is 122 Å².